The lowest BCUT2D eigenvalue weighted by Gasteiger charge is -2.07. The van der Waals surface area contributed by atoms with E-state index in [2.05, 4.69) is 5.32 Å². The van der Waals surface area contributed by atoms with Gasteiger partial charge in [0.1, 0.15) is 5.82 Å². The summed E-state index contributed by atoms with van der Waals surface area (Å²) in [6.45, 7) is 1.54. The molecule has 0 fully saturated rings. The summed E-state index contributed by atoms with van der Waals surface area (Å²) < 4.78 is 35.2. The summed E-state index contributed by atoms with van der Waals surface area (Å²) in [5.41, 5.74) is 5.64. The maximum atomic E-state index is 12.8. The highest BCUT2D eigenvalue weighted by atomic mass is 32.2. The van der Waals surface area contributed by atoms with Crippen LogP contribution in [0.5, 0.6) is 0 Å². The van der Waals surface area contributed by atoms with Gasteiger partial charge in [0.25, 0.3) is 5.91 Å². The molecule has 5 nitrogen and oxygen atoms in total. The zero-order chi connectivity index (χ0) is 13.8. The molecule has 1 aromatic carbocycles. The number of rotatable bonds is 5. The maximum absolute atomic E-state index is 12.8. The van der Waals surface area contributed by atoms with Crippen molar-refractivity contribution in [2.45, 2.75) is 6.92 Å². The number of nitrogens with two attached hydrogens (primary N) is 1. The highest BCUT2D eigenvalue weighted by Crippen LogP contribution is 2.12. The van der Waals surface area contributed by atoms with Gasteiger partial charge in [-0.25, -0.2) is 12.8 Å². The molecule has 0 aromatic heterocycles. The first-order valence-electron chi connectivity index (χ1n) is 5.39. The standard InChI is InChI=1S/C11H15FN2O3S/c1-2-18(16,17)6-5-14-11(15)9-4-3-8(12)7-10(9)13/h3-4,7H,2,5-6,13H2,1H3,(H,14,15). The normalized spacial score (nSPS) is 11.2. The van der Waals surface area contributed by atoms with Gasteiger partial charge in [0.15, 0.2) is 9.84 Å². The molecule has 1 aromatic rings. The van der Waals surface area contributed by atoms with E-state index in [-0.39, 0.29) is 29.3 Å². The molecule has 100 valence electrons. The number of benzene rings is 1. The molecule has 1 rings (SSSR count). The van der Waals surface area contributed by atoms with Crippen LogP contribution < -0.4 is 11.1 Å². The van der Waals surface area contributed by atoms with E-state index in [1.165, 1.54) is 13.0 Å². The third-order valence-electron chi connectivity index (χ3n) is 2.40. The summed E-state index contributed by atoms with van der Waals surface area (Å²) in [7, 11) is -3.12. The molecule has 0 radical (unpaired) electrons. The van der Waals surface area contributed by atoms with Gasteiger partial charge in [-0.05, 0) is 18.2 Å². The van der Waals surface area contributed by atoms with Crippen molar-refractivity contribution in [3.05, 3.63) is 29.6 Å². The first-order chi connectivity index (χ1) is 8.35. The van der Waals surface area contributed by atoms with Crippen LogP contribution in [-0.4, -0.2) is 32.4 Å². The maximum Gasteiger partial charge on any atom is 0.253 e. The third-order valence-corrected chi connectivity index (χ3v) is 4.10. The number of sulfone groups is 1. The van der Waals surface area contributed by atoms with Crippen LogP contribution in [0.4, 0.5) is 10.1 Å². The first kappa shape index (κ1) is 14.4. The second-order valence-electron chi connectivity index (χ2n) is 3.72. The van der Waals surface area contributed by atoms with E-state index in [1.54, 1.807) is 0 Å². The molecule has 0 aliphatic carbocycles. The lowest BCUT2D eigenvalue weighted by molar-refractivity contribution is 0.0957. The van der Waals surface area contributed by atoms with Crippen LogP contribution in [0.3, 0.4) is 0 Å². The number of carbonyl (C=O) groups excluding carboxylic acids is 1. The van der Waals surface area contributed by atoms with Crippen LogP contribution in [0, 0.1) is 5.82 Å². The molecule has 0 saturated heterocycles. The molecule has 0 atom stereocenters. The van der Waals surface area contributed by atoms with E-state index in [9.17, 15) is 17.6 Å². The summed E-state index contributed by atoms with van der Waals surface area (Å²) >= 11 is 0. The number of anilines is 1. The molecule has 7 heteroatoms. The summed E-state index contributed by atoms with van der Waals surface area (Å²) in [6.07, 6.45) is 0. The lowest BCUT2D eigenvalue weighted by Crippen LogP contribution is -2.30. The fraction of sp³-hybridized carbons (Fsp3) is 0.364. The Bertz CT molecular complexity index is 543. The summed E-state index contributed by atoms with van der Waals surface area (Å²) in [5, 5.41) is 2.43. The van der Waals surface area contributed by atoms with E-state index >= 15 is 0 Å². The number of nitrogen functional groups attached to an aromatic ring is 1. The second kappa shape index (κ2) is 5.81. The highest BCUT2D eigenvalue weighted by molar-refractivity contribution is 7.91. The van der Waals surface area contributed by atoms with Crippen LogP contribution in [0.1, 0.15) is 17.3 Å². The number of nitrogens with one attached hydrogen (secondary N) is 1. The van der Waals surface area contributed by atoms with Gasteiger partial charge >= 0.3 is 0 Å². The fourth-order valence-corrected chi connectivity index (χ4v) is 2.00. The average Bonchev–Trinajstić information content (AvgIpc) is 2.28. The van der Waals surface area contributed by atoms with Crippen molar-refractivity contribution in [3.63, 3.8) is 0 Å². The summed E-state index contributed by atoms with van der Waals surface area (Å²) in [6, 6.07) is 3.42. The SMILES string of the molecule is CCS(=O)(=O)CCNC(=O)c1ccc(F)cc1N. The van der Waals surface area contributed by atoms with Gasteiger partial charge in [-0.2, -0.15) is 0 Å². The van der Waals surface area contributed by atoms with Crippen molar-refractivity contribution >= 4 is 21.4 Å². The molecular formula is C11H15FN2O3S. The van der Waals surface area contributed by atoms with Crippen molar-refractivity contribution in [1.82, 2.24) is 5.32 Å². The molecule has 0 unspecified atom stereocenters. The number of amides is 1. The van der Waals surface area contributed by atoms with Gasteiger partial charge in [0, 0.05) is 18.0 Å². The Labute approximate surface area is 105 Å². The van der Waals surface area contributed by atoms with Crippen LogP contribution in [-0.2, 0) is 9.84 Å². The highest BCUT2D eigenvalue weighted by Gasteiger charge is 2.12. The smallest absolute Gasteiger partial charge is 0.253 e. The quantitative estimate of drug-likeness (QED) is 0.768. The molecule has 18 heavy (non-hydrogen) atoms. The molecule has 0 bridgehead atoms. The van der Waals surface area contributed by atoms with Gasteiger partial charge in [-0.3, -0.25) is 4.79 Å². The summed E-state index contributed by atoms with van der Waals surface area (Å²) in [4.78, 5) is 11.6. The van der Waals surface area contributed by atoms with Gasteiger partial charge < -0.3 is 11.1 Å². The Balaban J connectivity index is 2.61. The van der Waals surface area contributed by atoms with Crippen LogP contribution in [0.2, 0.25) is 0 Å². The lowest BCUT2D eigenvalue weighted by atomic mass is 10.1. The predicted octanol–water partition coefficient (Wildman–Crippen LogP) is 0.572. The van der Waals surface area contributed by atoms with E-state index in [0.29, 0.717) is 0 Å². The minimum Gasteiger partial charge on any atom is -0.398 e. The van der Waals surface area contributed by atoms with E-state index in [4.69, 9.17) is 5.73 Å². The van der Waals surface area contributed by atoms with Crippen molar-refractivity contribution in [2.24, 2.45) is 0 Å². The first-order valence-corrected chi connectivity index (χ1v) is 7.21. The minimum absolute atomic E-state index is 0.00578. The Morgan fingerprint density at radius 1 is 1.44 bits per heavy atom. The molecule has 1 amide bonds. The molecule has 0 aliphatic rings. The fourth-order valence-electron chi connectivity index (χ4n) is 1.30. The molecule has 0 heterocycles. The monoisotopic (exact) mass is 274 g/mol. The average molecular weight is 274 g/mol. The van der Waals surface area contributed by atoms with Crippen molar-refractivity contribution in [1.29, 1.82) is 0 Å². The minimum atomic E-state index is -3.12. The zero-order valence-electron chi connectivity index (χ0n) is 9.94. The number of carbonyl (C=O) groups is 1. The van der Waals surface area contributed by atoms with Crippen LogP contribution in [0.25, 0.3) is 0 Å². The number of hydrogen-bond donors (Lipinski definition) is 2. The predicted molar refractivity (Wildman–Crippen MR) is 67.5 cm³/mol. The van der Waals surface area contributed by atoms with E-state index in [0.717, 1.165) is 12.1 Å². The second-order valence-corrected chi connectivity index (χ2v) is 6.20. The van der Waals surface area contributed by atoms with E-state index in [1.807, 2.05) is 0 Å². The van der Waals surface area contributed by atoms with Gasteiger partial charge in [-0.1, -0.05) is 6.92 Å². The van der Waals surface area contributed by atoms with E-state index < -0.39 is 21.6 Å². The number of halogens is 1. The Morgan fingerprint density at radius 3 is 2.67 bits per heavy atom. The molecule has 0 spiro atoms. The van der Waals surface area contributed by atoms with Crippen molar-refractivity contribution in [2.75, 3.05) is 23.8 Å². The molecule has 0 aliphatic heterocycles. The van der Waals surface area contributed by atoms with Gasteiger partial charge in [0.05, 0.1) is 11.3 Å². The van der Waals surface area contributed by atoms with Crippen molar-refractivity contribution in [3.8, 4) is 0 Å². The van der Waals surface area contributed by atoms with Crippen LogP contribution >= 0.6 is 0 Å². The van der Waals surface area contributed by atoms with Gasteiger partial charge in [0.2, 0.25) is 0 Å². The van der Waals surface area contributed by atoms with Gasteiger partial charge in [-0.15, -0.1) is 0 Å². The third kappa shape index (κ3) is 3.99. The topological polar surface area (TPSA) is 89.3 Å². The Hall–Kier alpha value is -1.63. The number of hydrogen-bond acceptors (Lipinski definition) is 4. The molecule has 3 N–H and O–H groups in total. The Kier molecular flexibility index (Phi) is 4.66. The molecular weight excluding hydrogens is 259 g/mol. The largest absolute Gasteiger partial charge is 0.398 e. The summed E-state index contributed by atoms with van der Waals surface area (Å²) in [5.74, 6) is -1.14. The van der Waals surface area contributed by atoms with Crippen LogP contribution in [0.15, 0.2) is 18.2 Å². The molecule has 0 saturated carbocycles. The Morgan fingerprint density at radius 2 is 2.11 bits per heavy atom. The van der Waals surface area contributed by atoms with Crippen molar-refractivity contribution < 1.29 is 17.6 Å². The zero-order valence-corrected chi connectivity index (χ0v) is 10.8.